The van der Waals surface area contributed by atoms with Crippen LogP contribution in [0.1, 0.15) is 16.7 Å². The minimum atomic E-state index is 1.19. The van der Waals surface area contributed by atoms with E-state index in [1.807, 2.05) is 0 Å². The van der Waals surface area contributed by atoms with Crippen LogP contribution in [0.5, 0.6) is 0 Å². The quantitative estimate of drug-likeness (QED) is 0.255. The summed E-state index contributed by atoms with van der Waals surface area (Å²) in [5, 5.41) is 5.11. The zero-order valence-corrected chi connectivity index (χ0v) is 19.6. The van der Waals surface area contributed by atoms with Gasteiger partial charge in [-0.05, 0) is 73.7 Å². The summed E-state index contributed by atoms with van der Waals surface area (Å²) in [5.41, 5.74) is 10.2. The topological polar surface area (TPSA) is 8.81 Å². The van der Waals surface area contributed by atoms with Gasteiger partial charge in [-0.25, -0.2) is 4.57 Å². The maximum Gasteiger partial charge on any atom is 0.220 e. The van der Waals surface area contributed by atoms with Crippen molar-refractivity contribution in [3.63, 3.8) is 0 Å². The number of hydrogen-bond donors (Lipinski definition) is 0. The molecule has 2 heterocycles. The van der Waals surface area contributed by atoms with Crippen molar-refractivity contribution in [2.24, 2.45) is 7.05 Å². The van der Waals surface area contributed by atoms with Gasteiger partial charge in [-0.1, -0.05) is 48.0 Å². The molecular weight excluding hydrogens is 400 g/mol. The number of aryl methyl sites for hydroxylation is 3. The van der Waals surface area contributed by atoms with Crippen LogP contribution in [0.15, 0.2) is 91.1 Å². The number of fused-ring (bicyclic) bond motifs is 4. The van der Waals surface area contributed by atoms with Gasteiger partial charge in [-0.2, -0.15) is 0 Å². The molecule has 0 aliphatic heterocycles. The molecule has 4 aromatic carbocycles. The highest BCUT2D eigenvalue weighted by atomic mass is 15.0. The molecule has 0 atom stereocenters. The van der Waals surface area contributed by atoms with Crippen LogP contribution in [0, 0.1) is 20.8 Å². The molecule has 0 bridgehead atoms. The number of pyridine rings is 1. The highest BCUT2D eigenvalue weighted by molar-refractivity contribution is 6.09. The predicted molar refractivity (Wildman–Crippen MR) is 139 cm³/mol. The second-order valence-corrected chi connectivity index (χ2v) is 9.17. The molecule has 2 heteroatoms. The van der Waals surface area contributed by atoms with E-state index in [9.17, 15) is 0 Å². The van der Waals surface area contributed by atoms with E-state index in [1.165, 1.54) is 66.2 Å². The Balaban J connectivity index is 1.64. The van der Waals surface area contributed by atoms with Crippen molar-refractivity contribution in [2.45, 2.75) is 20.8 Å². The first-order valence-corrected chi connectivity index (χ1v) is 11.5. The molecule has 160 valence electrons. The van der Waals surface area contributed by atoms with E-state index in [-0.39, 0.29) is 0 Å². The number of nitrogens with zero attached hydrogens (tertiary/aromatic N) is 2. The maximum atomic E-state index is 2.39. The predicted octanol–water partition coefficient (Wildman–Crippen LogP) is 7.35. The molecule has 0 spiro atoms. The second-order valence-electron chi connectivity index (χ2n) is 9.17. The molecule has 0 N–H and O–H groups in total. The number of rotatable bonds is 2. The summed E-state index contributed by atoms with van der Waals surface area (Å²) in [7, 11) is 2.15. The summed E-state index contributed by atoms with van der Waals surface area (Å²) in [4.78, 5) is 0. The van der Waals surface area contributed by atoms with Crippen molar-refractivity contribution in [1.82, 2.24) is 4.57 Å². The summed E-state index contributed by atoms with van der Waals surface area (Å²) >= 11 is 0. The van der Waals surface area contributed by atoms with Gasteiger partial charge in [-0.15, -0.1) is 0 Å². The minimum Gasteiger partial charge on any atom is -0.309 e. The van der Waals surface area contributed by atoms with E-state index >= 15 is 0 Å². The molecule has 0 unspecified atom stereocenters. The number of hydrogen-bond acceptors (Lipinski definition) is 0. The third kappa shape index (κ3) is 2.98. The Labute approximate surface area is 194 Å². The lowest BCUT2D eigenvalue weighted by Crippen LogP contribution is -2.30. The first-order valence-electron chi connectivity index (χ1n) is 11.5. The van der Waals surface area contributed by atoms with Crippen LogP contribution in [-0.4, -0.2) is 4.57 Å². The van der Waals surface area contributed by atoms with Gasteiger partial charge in [-0.3, -0.25) is 0 Å². The minimum absolute atomic E-state index is 1.19. The normalized spacial score (nSPS) is 11.6. The average molecular weight is 428 g/mol. The largest absolute Gasteiger partial charge is 0.309 e. The fourth-order valence-corrected chi connectivity index (χ4v) is 5.32. The first kappa shape index (κ1) is 19.8. The summed E-state index contributed by atoms with van der Waals surface area (Å²) in [6.45, 7) is 6.62. The third-order valence-electron chi connectivity index (χ3n) is 7.03. The van der Waals surface area contributed by atoms with Crippen LogP contribution in [0.4, 0.5) is 0 Å². The Morgan fingerprint density at radius 1 is 0.667 bits per heavy atom. The van der Waals surface area contributed by atoms with E-state index in [4.69, 9.17) is 0 Å². The molecule has 2 nitrogen and oxygen atoms in total. The highest BCUT2D eigenvalue weighted by Crippen LogP contribution is 2.35. The lowest BCUT2D eigenvalue weighted by atomic mass is 9.94. The molecular formula is C31H27N2+. The molecule has 6 aromatic rings. The maximum absolute atomic E-state index is 2.39. The lowest BCUT2D eigenvalue weighted by molar-refractivity contribution is -0.659. The monoisotopic (exact) mass is 427 g/mol. The fraction of sp³-hybridized carbons (Fsp3) is 0.129. The Bertz CT molecular complexity index is 1650. The standard InChI is InChI=1S/C31H27N2/c1-20-17-21(2)22(3)28(18-20)31-25-14-13-24(19-23(25)15-16-32(31)4)33-29-11-7-5-9-26(29)27-10-6-8-12-30(27)33/h5-19H,1-4H3/q+1. The van der Waals surface area contributed by atoms with Crippen molar-refractivity contribution in [3.05, 3.63) is 108 Å². The van der Waals surface area contributed by atoms with Gasteiger partial charge < -0.3 is 4.57 Å². The van der Waals surface area contributed by atoms with Gasteiger partial charge in [0.05, 0.1) is 22.0 Å². The van der Waals surface area contributed by atoms with Gasteiger partial charge in [0.25, 0.3) is 0 Å². The van der Waals surface area contributed by atoms with Crippen LogP contribution in [0.2, 0.25) is 0 Å². The van der Waals surface area contributed by atoms with Crippen LogP contribution in [0.3, 0.4) is 0 Å². The number of para-hydroxylation sites is 2. The van der Waals surface area contributed by atoms with Crippen LogP contribution < -0.4 is 4.57 Å². The average Bonchev–Trinajstić information content (AvgIpc) is 3.16. The molecule has 0 aliphatic rings. The summed E-state index contributed by atoms with van der Waals surface area (Å²) in [5.74, 6) is 0. The van der Waals surface area contributed by atoms with E-state index in [2.05, 4.69) is 128 Å². The highest BCUT2D eigenvalue weighted by Gasteiger charge is 2.19. The summed E-state index contributed by atoms with van der Waals surface area (Å²) < 4.78 is 4.64. The van der Waals surface area contributed by atoms with Gasteiger partial charge >= 0.3 is 0 Å². The fourth-order valence-electron chi connectivity index (χ4n) is 5.32. The second kappa shape index (κ2) is 7.31. The first-order chi connectivity index (χ1) is 16.0. The molecule has 0 amide bonds. The Morgan fingerprint density at radius 3 is 2.03 bits per heavy atom. The Kier molecular flexibility index (Phi) is 4.38. The van der Waals surface area contributed by atoms with Crippen molar-refractivity contribution in [3.8, 4) is 16.9 Å². The summed E-state index contributed by atoms with van der Waals surface area (Å²) in [6, 6.07) is 31.1. The Morgan fingerprint density at radius 2 is 1.33 bits per heavy atom. The lowest BCUT2D eigenvalue weighted by Gasteiger charge is -2.13. The summed E-state index contributed by atoms with van der Waals surface area (Å²) in [6.07, 6.45) is 2.18. The SMILES string of the molecule is Cc1cc(C)c(C)c(-c2c3ccc(-n4c5ccccc5c5ccccc54)cc3cc[n+]2C)c1. The van der Waals surface area contributed by atoms with Crippen molar-refractivity contribution >= 4 is 32.6 Å². The number of aromatic nitrogens is 2. The van der Waals surface area contributed by atoms with Crippen molar-refractivity contribution in [1.29, 1.82) is 0 Å². The molecule has 33 heavy (non-hydrogen) atoms. The van der Waals surface area contributed by atoms with Gasteiger partial charge in [0, 0.05) is 22.5 Å². The van der Waals surface area contributed by atoms with E-state index in [0.29, 0.717) is 0 Å². The van der Waals surface area contributed by atoms with Crippen LogP contribution >= 0.6 is 0 Å². The van der Waals surface area contributed by atoms with Gasteiger partial charge in [0.1, 0.15) is 7.05 Å². The third-order valence-corrected chi connectivity index (χ3v) is 7.03. The Hall–Kier alpha value is -3.91. The molecule has 0 saturated heterocycles. The molecule has 0 aliphatic carbocycles. The van der Waals surface area contributed by atoms with Crippen LogP contribution in [0.25, 0.3) is 49.5 Å². The zero-order chi connectivity index (χ0) is 22.7. The van der Waals surface area contributed by atoms with E-state index in [1.54, 1.807) is 0 Å². The van der Waals surface area contributed by atoms with E-state index < -0.39 is 0 Å². The van der Waals surface area contributed by atoms with Gasteiger partial charge in [0.2, 0.25) is 5.69 Å². The van der Waals surface area contributed by atoms with E-state index in [0.717, 1.165) is 0 Å². The molecule has 0 fully saturated rings. The molecule has 0 radical (unpaired) electrons. The van der Waals surface area contributed by atoms with Gasteiger partial charge in [0.15, 0.2) is 6.20 Å². The molecule has 6 rings (SSSR count). The molecule has 0 saturated carbocycles. The van der Waals surface area contributed by atoms with Crippen LogP contribution in [-0.2, 0) is 7.05 Å². The smallest absolute Gasteiger partial charge is 0.220 e. The van der Waals surface area contributed by atoms with Crippen molar-refractivity contribution < 1.29 is 4.57 Å². The number of benzene rings is 4. The molecule has 2 aromatic heterocycles. The zero-order valence-electron chi connectivity index (χ0n) is 19.6. The van der Waals surface area contributed by atoms with Crippen molar-refractivity contribution in [2.75, 3.05) is 0 Å².